The molecule has 1 N–H and O–H groups in total. The number of carbonyl (C=O) groups is 2. The number of alkyl carbamates (subject to hydrolysis) is 1. The first-order chi connectivity index (χ1) is 20.1. The molecule has 1 aromatic heterocycles. The van der Waals surface area contributed by atoms with Gasteiger partial charge in [-0.2, -0.15) is 0 Å². The van der Waals surface area contributed by atoms with Crippen LogP contribution < -0.4 is 5.32 Å². The van der Waals surface area contributed by atoms with E-state index < -0.39 is 6.09 Å². The Bertz CT molecular complexity index is 1700. The van der Waals surface area contributed by atoms with E-state index in [1.807, 2.05) is 66.7 Å². The second-order valence-electron chi connectivity index (χ2n) is 9.57. The lowest BCUT2D eigenvalue weighted by Gasteiger charge is -2.18. The zero-order chi connectivity index (χ0) is 28.2. The van der Waals surface area contributed by atoms with Gasteiger partial charge in [-0.1, -0.05) is 108 Å². The Hall–Kier alpha value is -4.39. The second-order valence-corrected chi connectivity index (χ2v) is 11.0. The summed E-state index contributed by atoms with van der Waals surface area (Å²) in [4.78, 5) is 29.8. The molecule has 0 radical (unpaired) electrons. The molecule has 0 saturated carbocycles. The molecule has 4 aromatic carbocycles. The molecule has 1 aliphatic carbocycles. The fourth-order valence-electron chi connectivity index (χ4n) is 5.26. The summed E-state index contributed by atoms with van der Waals surface area (Å²) >= 11 is 8.02. The van der Waals surface area contributed by atoms with Gasteiger partial charge in [0.25, 0.3) is 0 Å². The van der Waals surface area contributed by atoms with Gasteiger partial charge in [0.05, 0.1) is 5.02 Å². The number of aromatic nitrogens is 1. The zero-order valence-corrected chi connectivity index (χ0v) is 23.5. The topological polar surface area (TPSA) is 68.3 Å². The highest BCUT2D eigenvalue weighted by molar-refractivity contribution is 7.99. The van der Waals surface area contributed by atoms with Crippen LogP contribution in [0.1, 0.15) is 33.0 Å². The fourth-order valence-corrected chi connectivity index (χ4v) is 6.56. The lowest BCUT2D eigenvalue weighted by molar-refractivity contribution is 0.112. The number of hydrogen-bond acceptors (Lipinski definition) is 5. The van der Waals surface area contributed by atoms with Crippen molar-refractivity contribution in [2.24, 2.45) is 0 Å². The van der Waals surface area contributed by atoms with E-state index >= 15 is 0 Å². The third-order valence-electron chi connectivity index (χ3n) is 7.18. The smallest absolute Gasteiger partial charge is 0.407 e. The van der Waals surface area contributed by atoms with E-state index in [9.17, 15) is 9.59 Å². The molecule has 41 heavy (non-hydrogen) atoms. The number of pyridine rings is 1. The van der Waals surface area contributed by atoms with Crippen LogP contribution in [0.2, 0.25) is 5.02 Å². The average molecular weight is 577 g/mol. The number of ether oxygens (including phenoxy) is 1. The number of nitrogens with one attached hydrogen (secondary N) is 1. The molecule has 0 saturated heterocycles. The molecule has 0 fully saturated rings. The molecule has 202 valence electrons. The lowest BCUT2D eigenvalue weighted by atomic mass is 9.98. The minimum absolute atomic E-state index is 0.0313. The number of carbonyl (C=O) groups excluding carboxylic acids is 2. The molecule has 1 aliphatic rings. The maximum Gasteiger partial charge on any atom is 0.407 e. The molecule has 0 atom stereocenters. The van der Waals surface area contributed by atoms with Gasteiger partial charge in [-0.05, 0) is 57.1 Å². The average Bonchev–Trinajstić information content (AvgIpc) is 3.34. The van der Waals surface area contributed by atoms with Crippen LogP contribution in [0.25, 0.3) is 22.3 Å². The molecular weight excluding hydrogens is 552 g/mol. The first-order valence-electron chi connectivity index (χ1n) is 13.2. The SMILES string of the molecule is O=Cc1cccnc1Sc1c(Cl)ccc(-c2ccccc2)c1CNC(=O)OCC1c2ccccc2-c2ccccc21. The standard InChI is InChI=1S/C34H25ClN2O3S/c35-31-17-16-24(22-9-2-1-3-10-22)29(32(31)41-33-23(20-38)11-8-18-36-33)19-37-34(39)40-21-30-27-14-6-4-12-25(27)26-13-5-7-15-28(26)30/h1-18,20,30H,19,21H2,(H,37,39). The number of rotatable bonds is 8. The molecule has 0 spiro atoms. The third-order valence-corrected chi connectivity index (χ3v) is 8.81. The minimum atomic E-state index is -0.520. The van der Waals surface area contributed by atoms with E-state index in [1.54, 1.807) is 18.3 Å². The van der Waals surface area contributed by atoms with Gasteiger partial charge >= 0.3 is 6.09 Å². The van der Waals surface area contributed by atoms with Gasteiger partial charge < -0.3 is 10.1 Å². The molecule has 6 rings (SSSR count). The van der Waals surface area contributed by atoms with Crippen molar-refractivity contribution in [2.45, 2.75) is 22.4 Å². The largest absolute Gasteiger partial charge is 0.449 e. The Kier molecular flexibility index (Phi) is 7.85. The Morgan fingerprint density at radius 1 is 0.854 bits per heavy atom. The summed E-state index contributed by atoms with van der Waals surface area (Å²) in [6.45, 7) is 0.395. The minimum Gasteiger partial charge on any atom is -0.449 e. The molecule has 0 bridgehead atoms. The summed E-state index contributed by atoms with van der Waals surface area (Å²) in [6, 6.07) is 33.6. The number of fused-ring (bicyclic) bond motifs is 3. The third kappa shape index (κ3) is 5.49. The van der Waals surface area contributed by atoms with E-state index in [-0.39, 0.29) is 19.1 Å². The van der Waals surface area contributed by atoms with Gasteiger partial charge in [0.2, 0.25) is 0 Å². The summed E-state index contributed by atoms with van der Waals surface area (Å²) in [5, 5.41) is 3.98. The number of halogens is 1. The zero-order valence-electron chi connectivity index (χ0n) is 21.9. The maximum atomic E-state index is 13.1. The van der Waals surface area contributed by atoms with Crippen LogP contribution in [0.15, 0.2) is 119 Å². The molecule has 0 aliphatic heterocycles. The number of benzene rings is 4. The van der Waals surface area contributed by atoms with Gasteiger partial charge in [0.15, 0.2) is 6.29 Å². The molecule has 5 aromatic rings. The van der Waals surface area contributed by atoms with Crippen LogP contribution in [0, 0.1) is 0 Å². The van der Waals surface area contributed by atoms with E-state index in [0.29, 0.717) is 20.5 Å². The van der Waals surface area contributed by atoms with Crippen LogP contribution in [-0.4, -0.2) is 24.0 Å². The van der Waals surface area contributed by atoms with Crippen molar-refractivity contribution in [3.63, 3.8) is 0 Å². The van der Waals surface area contributed by atoms with Gasteiger partial charge in [-0.3, -0.25) is 4.79 Å². The van der Waals surface area contributed by atoms with Gasteiger partial charge in [-0.25, -0.2) is 9.78 Å². The van der Waals surface area contributed by atoms with E-state index in [0.717, 1.165) is 34.1 Å². The number of nitrogens with zero attached hydrogens (tertiary/aromatic N) is 1. The maximum absolute atomic E-state index is 13.1. The van der Waals surface area contributed by atoms with Crippen molar-refractivity contribution in [3.8, 4) is 22.3 Å². The van der Waals surface area contributed by atoms with Gasteiger partial charge in [0, 0.05) is 29.1 Å². The predicted molar refractivity (Wildman–Crippen MR) is 163 cm³/mol. The van der Waals surface area contributed by atoms with Crippen molar-refractivity contribution in [3.05, 3.63) is 137 Å². The molecular formula is C34H25ClN2O3S. The van der Waals surface area contributed by atoms with Crippen LogP contribution in [0.5, 0.6) is 0 Å². The lowest BCUT2D eigenvalue weighted by Crippen LogP contribution is -2.26. The predicted octanol–water partition coefficient (Wildman–Crippen LogP) is 8.40. The Labute approximate surface area is 247 Å². The quantitative estimate of drug-likeness (QED) is 0.188. The highest BCUT2D eigenvalue weighted by Crippen LogP contribution is 2.45. The molecule has 7 heteroatoms. The normalized spacial score (nSPS) is 11.9. The number of aldehydes is 1. The Morgan fingerprint density at radius 2 is 1.54 bits per heavy atom. The molecule has 1 heterocycles. The number of amides is 1. The highest BCUT2D eigenvalue weighted by atomic mass is 35.5. The Balaban J connectivity index is 1.25. The second kappa shape index (κ2) is 12.0. The van der Waals surface area contributed by atoms with Crippen LogP contribution >= 0.6 is 23.4 Å². The molecule has 5 nitrogen and oxygen atoms in total. The van der Waals surface area contributed by atoms with Crippen molar-refractivity contribution in [1.82, 2.24) is 10.3 Å². The number of hydrogen-bond donors (Lipinski definition) is 1. The summed E-state index contributed by atoms with van der Waals surface area (Å²) in [5.74, 6) is -0.0313. The van der Waals surface area contributed by atoms with Crippen LogP contribution in [0.4, 0.5) is 4.79 Å². The van der Waals surface area contributed by atoms with Crippen molar-refractivity contribution < 1.29 is 14.3 Å². The van der Waals surface area contributed by atoms with E-state index in [2.05, 4.69) is 34.6 Å². The molecule has 1 amide bonds. The fraction of sp³-hybridized carbons (Fsp3) is 0.0882. The van der Waals surface area contributed by atoms with Gasteiger partial charge in [-0.15, -0.1) is 0 Å². The van der Waals surface area contributed by atoms with Crippen molar-refractivity contribution >= 4 is 35.7 Å². The van der Waals surface area contributed by atoms with Crippen LogP contribution in [-0.2, 0) is 11.3 Å². The molecule has 0 unspecified atom stereocenters. The first kappa shape index (κ1) is 26.8. The summed E-state index contributed by atoms with van der Waals surface area (Å²) in [7, 11) is 0. The van der Waals surface area contributed by atoms with Gasteiger partial charge in [0.1, 0.15) is 11.6 Å². The Morgan fingerprint density at radius 3 is 2.24 bits per heavy atom. The summed E-state index contributed by atoms with van der Waals surface area (Å²) in [6.07, 6.45) is 1.89. The van der Waals surface area contributed by atoms with E-state index in [1.165, 1.54) is 22.9 Å². The summed E-state index contributed by atoms with van der Waals surface area (Å²) in [5.41, 5.74) is 7.83. The van der Waals surface area contributed by atoms with E-state index in [4.69, 9.17) is 16.3 Å². The monoisotopic (exact) mass is 576 g/mol. The van der Waals surface area contributed by atoms with Crippen LogP contribution in [0.3, 0.4) is 0 Å². The highest BCUT2D eigenvalue weighted by Gasteiger charge is 2.29. The van der Waals surface area contributed by atoms with Crippen molar-refractivity contribution in [2.75, 3.05) is 6.61 Å². The summed E-state index contributed by atoms with van der Waals surface area (Å²) < 4.78 is 5.78. The first-order valence-corrected chi connectivity index (χ1v) is 14.4. The van der Waals surface area contributed by atoms with Crippen molar-refractivity contribution in [1.29, 1.82) is 0 Å².